The van der Waals surface area contributed by atoms with Crippen molar-refractivity contribution in [1.29, 1.82) is 0 Å². The second-order valence-electron chi connectivity index (χ2n) is 6.12. The molecule has 2 N–H and O–H groups in total. The van der Waals surface area contributed by atoms with Crippen molar-refractivity contribution in [2.45, 2.75) is 38.1 Å². The van der Waals surface area contributed by atoms with Crippen molar-refractivity contribution in [3.8, 4) is 0 Å². The Labute approximate surface area is 127 Å². The maximum absolute atomic E-state index is 13.3. The number of likely N-dealkylation sites (N-methyl/N-ethyl adjacent to an activating group) is 1. The topological polar surface area (TPSA) is 35.5 Å². The van der Waals surface area contributed by atoms with Gasteiger partial charge < -0.3 is 15.3 Å². The van der Waals surface area contributed by atoms with Crippen LogP contribution in [0.3, 0.4) is 0 Å². The summed E-state index contributed by atoms with van der Waals surface area (Å²) < 4.78 is 13.3. The summed E-state index contributed by atoms with van der Waals surface area (Å²) in [5, 5.41) is 13.3. The van der Waals surface area contributed by atoms with E-state index in [1.54, 1.807) is 12.1 Å². The van der Waals surface area contributed by atoms with Gasteiger partial charge in [0, 0.05) is 24.8 Å². The molecule has 21 heavy (non-hydrogen) atoms. The van der Waals surface area contributed by atoms with Crippen LogP contribution in [0.25, 0.3) is 0 Å². The predicted molar refractivity (Wildman–Crippen MR) is 85.1 cm³/mol. The number of nitrogens with zero attached hydrogens (tertiary/aromatic N) is 1. The first-order valence-electron chi connectivity index (χ1n) is 7.94. The van der Waals surface area contributed by atoms with Gasteiger partial charge in [0.25, 0.3) is 0 Å². The monoisotopic (exact) mass is 294 g/mol. The molecule has 2 rings (SSSR count). The molecular weight excluding hydrogens is 267 g/mol. The van der Waals surface area contributed by atoms with Crippen molar-refractivity contribution in [1.82, 2.24) is 5.32 Å². The van der Waals surface area contributed by atoms with Gasteiger partial charge in [-0.05, 0) is 49.9 Å². The van der Waals surface area contributed by atoms with Gasteiger partial charge in [-0.15, -0.1) is 0 Å². The third kappa shape index (κ3) is 3.74. The molecule has 0 bridgehead atoms. The average molecular weight is 294 g/mol. The number of aliphatic hydroxyl groups is 1. The molecule has 0 amide bonds. The Hall–Kier alpha value is -1.13. The molecule has 0 heterocycles. The van der Waals surface area contributed by atoms with Crippen molar-refractivity contribution in [3.05, 3.63) is 30.1 Å². The van der Waals surface area contributed by atoms with Crippen LogP contribution in [0, 0.1) is 11.7 Å². The van der Waals surface area contributed by atoms with Crippen molar-refractivity contribution >= 4 is 5.69 Å². The molecular formula is C17H27FN2O. The summed E-state index contributed by atoms with van der Waals surface area (Å²) in [6.45, 7) is 4.05. The Morgan fingerprint density at radius 3 is 2.95 bits per heavy atom. The Balaban J connectivity index is 1.95. The minimum absolute atomic E-state index is 0.114. The summed E-state index contributed by atoms with van der Waals surface area (Å²) in [5.74, 6) is 0.288. The van der Waals surface area contributed by atoms with E-state index < -0.39 is 0 Å². The number of halogens is 1. The minimum Gasteiger partial charge on any atom is -0.394 e. The zero-order valence-electron chi connectivity index (χ0n) is 13.1. The second-order valence-corrected chi connectivity index (χ2v) is 6.12. The fraction of sp³-hybridized carbons (Fsp3) is 0.647. The van der Waals surface area contributed by atoms with E-state index in [1.807, 2.05) is 13.1 Å². The zero-order chi connectivity index (χ0) is 15.3. The molecule has 0 radical (unpaired) electrons. The Morgan fingerprint density at radius 1 is 1.48 bits per heavy atom. The number of rotatable bonds is 7. The van der Waals surface area contributed by atoms with E-state index in [0.717, 1.165) is 38.0 Å². The maximum Gasteiger partial charge on any atom is 0.125 e. The highest BCUT2D eigenvalue weighted by atomic mass is 19.1. The molecule has 1 aromatic carbocycles. The molecule has 1 aliphatic rings. The van der Waals surface area contributed by atoms with Gasteiger partial charge in [-0.25, -0.2) is 4.39 Å². The van der Waals surface area contributed by atoms with E-state index in [4.69, 9.17) is 0 Å². The van der Waals surface area contributed by atoms with Crippen LogP contribution >= 0.6 is 0 Å². The van der Waals surface area contributed by atoms with Gasteiger partial charge in [-0.1, -0.05) is 19.4 Å². The van der Waals surface area contributed by atoms with Crippen molar-refractivity contribution < 1.29 is 9.50 Å². The van der Waals surface area contributed by atoms with Crippen LogP contribution in [0.2, 0.25) is 0 Å². The van der Waals surface area contributed by atoms with Gasteiger partial charge in [0.2, 0.25) is 0 Å². The molecule has 3 nitrogen and oxygen atoms in total. The lowest BCUT2D eigenvalue weighted by Gasteiger charge is -2.36. The van der Waals surface area contributed by atoms with E-state index in [9.17, 15) is 9.50 Å². The SMILES string of the molecule is CCNC1(CO)CCCC1CCN(C)c1cccc(F)c1. The van der Waals surface area contributed by atoms with Crippen LogP contribution in [-0.2, 0) is 0 Å². The van der Waals surface area contributed by atoms with Gasteiger partial charge in [0.05, 0.1) is 6.61 Å². The van der Waals surface area contributed by atoms with Crippen LogP contribution in [0.15, 0.2) is 24.3 Å². The second kappa shape index (κ2) is 7.23. The maximum atomic E-state index is 13.3. The summed E-state index contributed by atoms with van der Waals surface area (Å²) in [5.41, 5.74) is 0.795. The molecule has 118 valence electrons. The average Bonchev–Trinajstić information content (AvgIpc) is 2.88. The van der Waals surface area contributed by atoms with Gasteiger partial charge in [-0.2, -0.15) is 0 Å². The molecule has 1 aliphatic carbocycles. The number of nitrogens with one attached hydrogen (secondary N) is 1. The quantitative estimate of drug-likeness (QED) is 0.812. The number of hydrogen-bond donors (Lipinski definition) is 2. The highest BCUT2D eigenvalue weighted by Crippen LogP contribution is 2.37. The lowest BCUT2D eigenvalue weighted by atomic mass is 9.85. The molecule has 0 aromatic heterocycles. The summed E-state index contributed by atoms with van der Waals surface area (Å²) in [7, 11) is 2.00. The lowest BCUT2D eigenvalue weighted by molar-refractivity contribution is 0.122. The highest BCUT2D eigenvalue weighted by molar-refractivity contribution is 5.45. The summed E-state index contributed by atoms with van der Waals surface area (Å²) in [6, 6.07) is 6.71. The van der Waals surface area contributed by atoms with E-state index in [1.165, 1.54) is 12.5 Å². The number of hydrogen-bond acceptors (Lipinski definition) is 3. The number of benzene rings is 1. The molecule has 1 saturated carbocycles. The van der Waals surface area contributed by atoms with Gasteiger partial charge in [0.1, 0.15) is 5.82 Å². The molecule has 0 saturated heterocycles. The smallest absolute Gasteiger partial charge is 0.125 e. The summed E-state index contributed by atoms with van der Waals surface area (Å²) >= 11 is 0. The standard InChI is InChI=1S/C17H27FN2O/c1-3-19-17(13-21)10-5-6-14(17)9-11-20(2)16-8-4-7-15(18)12-16/h4,7-8,12,14,19,21H,3,5-6,9-11,13H2,1-2H3. The Bertz CT molecular complexity index is 454. The van der Waals surface area contributed by atoms with Gasteiger partial charge in [0.15, 0.2) is 0 Å². The third-order valence-corrected chi connectivity index (χ3v) is 4.83. The fourth-order valence-electron chi connectivity index (χ4n) is 3.61. The number of aliphatic hydroxyl groups excluding tert-OH is 1. The van der Waals surface area contributed by atoms with Gasteiger partial charge in [-0.3, -0.25) is 0 Å². The first-order valence-corrected chi connectivity index (χ1v) is 7.94. The van der Waals surface area contributed by atoms with E-state index in [2.05, 4.69) is 17.1 Å². The zero-order valence-corrected chi connectivity index (χ0v) is 13.1. The van der Waals surface area contributed by atoms with E-state index >= 15 is 0 Å². The molecule has 0 spiro atoms. The number of anilines is 1. The Morgan fingerprint density at radius 2 is 2.29 bits per heavy atom. The first-order chi connectivity index (χ1) is 10.1. The van der Waals surface area contributed by atoms with Crippen LogP contribution in [0.5, 0.6) is 0 Å². The summed E-state index contributed by atoms with van der Waals surface area (Å²) in [6.07, 6.45) is 4.39. The normalized spacial score (nSPS) is 25.2. The van der Waals surface area contributed by atoms with Crippen molar-refractivity contribution in [2.24, 2.45) is 5.92 Å². The molecule has 4 heteroatoms. The molecule has 2 atom stereocenters. The first kappa shape index (κ1) is 16.2. The van der Waals surface area contributed by atoms with E-state index in [-0.39, 0.29) is 18.0 Å². The molecule has 1 aromatic rings. The summed E-state index contributed by atoms with van der Waals surface area (Å²) in [4.78, 5) is 2.09. The molecule has 2 unspecified atom stereocenters. The highest BCUT2D eigenvalue weighted by Gasteiger charge is 2.41. The molecule has 0 aliphatic heterocycles. The largest absolute Gasteiger partial charge is 0.394 e. The van der Waals surface area contributed by atoms with Crippen LogP contribution < -0.4 is 10.2 Å². The van der Waals surface area contributed by atoms with Crippen molar-refractivity contribution in [3.63, 3.8) is 0 Å². The minimum atomic E-state index is -0.197. The lowest BCUT2D eigenvalue weighted by Crippen LogP contribution is -2.51. The Kier molecular flexibility index (Phi) is 5.59. The van der Waals surface area contributed by atoms with Crippen LogP contribution in [0.4, 0.5) is 10.1 Å². The van der Waals surface area contributed by atoms with Gasteiger partial charge >= 0.3 is 0 Å². The molecule has 1 fully saturated rings. The van der Waals surface area contributed by atoms with Crippen molar-refractivity contribution in [2.75, 3.05) is 31.6 Å². The van der Waals surface area contributed by atoms with E-state index in [0.29, 0.717) is 5.92 Å². The van der Waals surface area contributed by atoms with Crippen LogP contribution in [-0.4, -0.2) is 37.4 Å². The fourth-order valence-corrected chi connectivity index (χ4v) is 3.61. The third-order valence-electron chi connectivity index (χ3n) is 4.83. The van der Waals surface area contributed by atoms with Crippen LogP contribution in [0.1, 0.15) is 32.6 Å². The predicted octanol–water partition coefficient (Wildman–Crippen LogP) is 2.79.